The van der Waals surface area contributed by atoms with Gasteiger partial charge in [-0.05, 0) is 32.0 Å². The molecule has 1 aromatic carbocycles. The second-order valence-electron chi connectivity index (χ2n) is 3.02. The van der Waals surface area contributed by atoms with E-state index in [-0.39, 0.29) is 0 Å². The van der Waals surface area contributed by atoms with Gasteiger partial charge in [0.15, 0.2) is 0 Å². The zero-order valence-electron chi connectivity index (χ0n) is 8.83. The highest BCUT2D eigenvalue weighted by atomic mass is 35.5. The molecule has 0 unspecified atom stereocenters. The van der Waals surface area contributed by atoms with E-state index in [0.29, 0.717) is 30.5 Å². The van der Waals surface area contributed by atoms with Crippen LogP contribution in [-0.2, 0) is 0 Å². The van der Waals surface area contributed by atoms with E-state index < -0.39 is 0 Å². The van der Waals surface area contributed by atoms with Crippen LogP contribution < -0.4 is 15.2 Å². The lowest BCUT2D eigenvalue weighted by Crippen LogP contribution is -2.06. The molecule has 0 aromatic heterocycles. The third kappa shape index (κ3) is 3.98. The highest BCUT2D eigenvalue weighted by Gasteiger charge is 2.02. The Hall–Kier alpha value is -0.930. The first-order valence-electron chi connectivity index (χ1n) is 5.03. The van der Waals surface area contributed by atoms with Crippen molar-refractivity contribution in [3.8, 4) is 11.5 Å². The third-order valence-corrected chi connectivity index (χ3v) is 2.12. The summed E-state index contributed by atoms with van der Waals surface area (Å²) in [6.07, 6.45) is 0.838. The molecule has 0 bridgehead atoms. The fourth-order valence-electron chi connectivity index (χ4n) is 1.12. The normalized spacial score (nSPS) is 10.1. The van der Waals surface area contributed by atoms with Gasteiger partial charge < -0.3 is 15.2 Å². The number of benzene rings is 1. The number of ether oxygens (including phenoxy) is 2. The van der Waals surface area contributed by atoms with Crippen molar-refractivity contribution in [3.63, 3.8) is 0 Å². The summed E-state index contributed by atoms with van der Waals surface area (Å²) in [6, 6.07) is 5.40. The van der Waals surface area contributed by atoms with Crippen LogP contribution in [0.1, 0.15) is 13.3 Å². The maximum absolute atomic E-state index is 5.99. The molecule has 0 heterocycles. The van der Waals surface area contributed by atoms with E-state index in [1.165, 1.54) is 0 Å². The molecular weight excluding hydrogens is 214 g/mol. The number of rotatable bonds is 6. The summed E-state index contributed by atoms with van der Waals surface area (Å²) in [6.45, 7) is 3.76. The van der Waals surface area contributed by atoms with Crippen LogP contribution in [-0.4, -0.2) is 19.8 Å². The fourth-order valence-corrected chi connectivity index (χ4v) is 1.34. The molecule has 0 aliphatic rings. The van der Waals surface area contributed by atoms with Crippen molar-refractivity contribution in [1.29, 1.82) is 0 Å². The van der Waals surface area contributed by atoms with Gasteiger partial charge in [-0.15, -0.1) is 0 Å². The first-order chi connectivity index (χ1) is 7.27. The van der Waals surface area contributed by atoms with E-state index >= 15 is 0 Å². The standard InChI is InChI=1S/C11H16ClNO2/c1-2-14-11-5-4-9(8-10(11)12)15-7-3-6-13/h4-5,8H,2-3,6-7,13H2,1H3. The Morgan fingerprint density at radius 3 is 2.73 bits per heavy atom. The van der Waals surface area contributed by atoms with Crippen LogP contribution >= 0.6 is 11.6 Å². The van der Waals surface area contributed by atoms with Crippen LogP contribution in [0, 0.1) is 0 Å². The van der Waals surface area contributed by atoms with Crippen molar-refractivity contribution in [3.05, 3.63) is 23.2 Å². The SMILES string of the molecule is CCOc1ccc(OCCCN)cc1Cl. The lowest BCUT2D eigenvalue weighted by atomic mass is 10.3. The second kappa shape index (κ2) is 6.53. The van der Waals surface area contributed by atoms with Crippen molar-refractivity contribution in [2.75, 3.05) is 19.8 Å². The van der Waals surface area contributed by atoms with E-state index in [1.807, 2.05) is 19.1 Å². The molecule has 0 saturated carbocycles. The largest absolute Gasteiger partial charge is 0.493 e. The Balaban J connectivity index is 2.56. The maximum atomic E-state index is 5.99. The molecule has 4 heteroatoms. The summed E-state index contributed by atoms with van der Waals surface area (Å²) in [7, 11) is 0. The minimum atomic E-state index is 0.571. The van der Waals surface area contributed by atoms with Gasteiger partial charge in [0.2, 0.25) is 0 Å². The third-order valence-electron chi connectivity index (χ3n) is 1.82. The Morgan fingerprint density at radius 2 is 2.13 bits per heavy atom. The molecule has 84 valence electrons. The lowest BCUT2D eigenvalue weighted by Gasteiger charge is -2.08. The highest BCUT2D eigenvalue weighted by Crippen LogP contribution is 2.28. The Labute approximate surface area is 95.1 Å². The molecule has 0 radical (unpaired) electrons. The molecule has 0 fully saturated rings. The predicted molar refractivity (Wildman–Crippen MR) is 61.8 cm³/mol. The first kappa shape index (κ1) is 12.1. The zero-order valence-corrected chi connectivity index (χ0v) is 9.59. The quantitative estimate of drug-likeness (QED) is 0.763. The molecule has 0 spiro atoms. The summed E-state index contributed by atoms with van der Waals surface area (Å²) in [5.41, 5.74) is 5.36. The van der Waals surface area contributed by atoms with E-state index in [9.17, 15) is 0 Å². The molecule has 0 aliphatic carbocycles. The summed E-state index contributed by atoms with van der Waals surface area (Å²) in [5, 5.41) is 0.571. The van der Waals surface area contributed by atoms with Gasteiger partial charge in [-0.3, -0.25) is 0 Å². The Kier molecular flexibility index (Phi) is 5.29. The molecule has 0 aliphatic heterocycles. The van der Waals surface area contributed by atoms with Crippen molar-refractivity contribution >= 4 is 11.6 Å². The molecule has 1 rings (SSSR count). The molecule has 3 nitrogen and oxygen atoms in total. The molecule has 15 heavy (non-hydrogen) atoms. The van der Waals surface area contributed by atoms with Crippen molar-refractivity contribution < 1.29 is 9.47 Å². The van der Waals surface area contributed by atoms with Crippen LogP contribution in [0.25, 0.3) is 0 Å². The lowest BCUT2D eigenvalue weighted by molar-refractivity contribution is 0.311. The number of nitrogens with two attached hydrogens (primary N) is 1. The number of hydrogen-bond acceptors (Lipinski definition) is 3. The zero-order chi connectivity index (χ0) is 11.1. The minimum absolute atomic E-state index is 0.571. The van der Waals surface area contributed by atoms with E-state index in [4.69, 9.17) is 26.8 Å². The van der Waals surface area contributed by atoms with Gasteiger partial charge in [0.1, 0.15) is 11.5 Å². The Bertz CT molecular complexity index is 305. The maximum Gasteiger partial charge on any atom is 0.138 e. The Morgan fingerprint density at radius 1 is 1.33 bits per heavy atom. The summed E-state index contributed by atoms with van der Waals surface area (Å²) < 4.78 is 10.8. The van der Waals surface area contributed by atoms with E-state index in [2.05, 4.69) is 0 Å². The second-order valence-corrected chi connectivity index (χ2v) is 3.42. The van der Waals surface area contributed by atoms with Crippen LogP contribution in [0.5, 0.6) is 11.5 Å². The van der Waals surface area contributed by atoms with Crippen molar-refractivity contribution in [2.24, 2.45) is 5.73 Å². The highest BCUT2D eigenvalue weighted by molar-refractivity contribution is 6.32. The topological polar surface area (TPSA) is 44.5 Å². The average Bonchev–Trinajstić information content (AvgIpc) is 2.23. The van der Waals surface area contributed by atoms with Gasteiger partial charge in [-0.25, -0.2) is 0 Å². The number of halogens is 1. The van der Waals surface area contributed by atoms with Crippen LogP contribution in [0.15, 0.2) is 18.2 Å². The van der Waals surface area contributed by atoms with E-state index in [0.717, 1.165) is 12.2 Å². The van der Waals surface area contributed by atoms with Crippen LogP contribution in [0.4, 0.5) is 0 Å². The van der Waals surface area contributed by atoms with Gasteiger partial charge in [0.05, 0.1) is 18.2 Å². The van der Waals surface area contributed by atoms with Crippen LogP contribution in [0.2, 0.25) is 5.02 Å². The van der Waals surface area contributed by atoms with Gasteiger partial charge in [0, 0.05) is 6.07 Å². The first-order valence-corrected chi connectivity index (χ1v) is 5.41. The van der Waals surface area contributed by atoms with Gasteiger partial charge >= 0.3 is 0 Å². The summed E-state index contributed by atoms with van der Waals surface area (Å²) in [4.78, 5) is 0. The van der Waals surface area contributed by atoms with E-state index in [1.54, 1.807) is 6.07 Å². The fraction of sp³-hybridized carbons (Fsp3) is 0.455. The van der Waals surface area contributed by atoms with Crippen molar-refractivity contribution in [1.82, 2.24) is 0 Å². The molecule has 1 aromatic rings. The molecule has 0 amide bonds. The number of hydrogen-bond donors (Lipinski definition) is 1. The smallest absolute Gasteiger partial charge is 0.138 e. The van der Waals surface area contributed by atoms with Gasteiger partial charge in [0.25, 0.3) is 0 Å². The van der Waals surface area contributed by atoms with Gasteiger partial charge in [-0.1, -0.05) is 11.6 Å². The van der Waals surface area contributed by atoms with Gasteiger partial charge in [-0.2, -0.15) is 0 Å². The monoisotopic (exact) mass is 229 g/mol. The minimum Gasteiger partial charge on any atom is -0.493 e. The average molecular weight is 230 g/mol. The summed E-state index contributed by atoms with van der Waals surface area (Å²) >= 11 is 5.99. The molecule has 2 N–H and O–H groups in total. The summed E-state index contributed by atoms with van der Waals surface area (Å²) in [5.74, 6) is 1.43. The van der Waals surface area contributed by atoms with Crippen molar-refractivity contribution in [2.45, 2.75) is 13.3 Å². The van der Waals surface area contributed by atoms with Crippen LogP contribution in [0.3, 0.4) is 0 Å². The predicted octanol–water partition coefficient (Wildman–Crippen LogP) is 2.47. The molecular formula is C11H16ClNO2. The molecule has 0 saturated heterocycles. The molecule has 0 atom stereocenters.